The molecule has 27 heavy (non-hydrogen) atoms. The molecule has 0 saturated carbocycles. The van der Waals surface area contributed by atoms with Crippen molar-refractivity contribution in [2.24, 2.45) is 0 Å². The zero-order chi connectivity index (χ0) is 20.4. The van der Waals surface area contributed by atoms with Crippen molar-refractivity contribution in [3.05, 3.63) is 28.0 Å². The number of alkyl carbamates (subject to hydrolysis) is 1. The molecule has 1 aliphatic rings. The second kappa shape index (κ2) is 8.08. The van der Waals surface area contributed by atoms with Crippen molar-refractivity contribution in [3.8, 4) is 0 Å². The van der Waals surface area contributed by atoms with Gasteiger partial charge in [-0.15, -0.1) is 0 Å². The first-order valence-corrected chi connectivity index (χ1v) is 9.45. The van der Waals surface area contributed by atoms with Crippen LogP contribution in [0.5, 0.6) is 0 Å². The van der Waals surface area contributed by atoms with Crippen LogP contribution in [-0.4, -0.2) is 52.5 Å². The maximum Gasteiger partial charge on any atom is 0.407 e. The largest absolute Gasteiger partial charge is 0.444 e. The Bertz CT molecular complexity index is 722. The molecule has 6 nitrogen and oxygen atoms in total. The van der Waals surface area contributed by atoms with E-state index in [1.807, 2.05) is 0 Å². The number of hydrogen-bond donors (Lipinski definition) is 1. The van der Waals surface area contributed by atoms with Gasteiger partial charge in [-0.05, 0) is 61.7 Å². The van der Waals surface area contributed by atoms with Gasteiger partial charge in [0.2, 0.25) is 0 Å². The fraction of sp³-hybridized carbons (Fsp3) is 0.611. The van der Waals surface area contributed by atoms with E-state index < -0.39 is 36.1 Å². The number of pyridine rings is 1. The lowest BCUT2D eigenvalue weighted by atomic mass is 9.97. The highest BCUT2D eigenvalue weighted by atomic mass is 79.9. The molecule has 1 aromatic rings. The molecule has 1 fully saturated rings. The first kappa shape index (κ1) is 21.5. The van der Waals surface area contributed by atoms with Gasteiger partial charge in [0.25, 0.3) is 11.8 Å². The molecule has 0 aliphatic carbocycles. The Labute approximate surface area is 165 Å². The summed E-state index contributed by atoms with van der Waals surface area (Å²) in [4.78, 5) is 30.0. The van der Waals surface area contributed by atoms with Crippen LogP contribution in [-0.2, 0) is 4.74 Å². The molecule has 0 aromatic carbocycles. The number of aromatic nitrogens is 1. The summed E-state index contributed by atoms with van der Waals surface area (Å²) in [6, 6.07) is 0.971. The molecule has 0 spiro atoms. The molecule has 1 saturated heterocycles. The van der Waals surface area contributed by atoms with Crippen molar-refractivity contribution >= 4 is 27.9 Å². The summed E-state index contributed by atoms with van der Waals surface area (Å²) >= 11 is 3.20. The van der Waals surface area contributed by atoms with E-state index in [0.717, 1.165) is 4.90 Å². The summed E-state index contributed by atoms with van der Waals surface area (Å²) in [6.45, 7) is 6.24. The summed E-state index contributed by atoms with van der Waals surface area (Å²) < 4.78 is 33.6. The average molecular weight is 448 g/mol. The fourth-order valence-electron chi connectivity index (χ4n) is 2.84. The van der Waals surface area contributed by atoms with E-state index in [0.29, 0.717) is 15.7 Å². The van der Waals surface area contributed by atoms with E-state index in [-0.39, 0.29) is 19.4 Å². The molecule has 1 aliphatic heterocycles. The minimum absolute atomic E-state index is 0.0437. The van der Waals surface area contributed by atoms with Crippen molar-refractivity contribution in [1.82, 2.24) is 15.2 Å². The topological polar surface area (TPSA) is 71.5 Å². The summed E-state index contributed by atoms with van der Waals surface area (Å²) in [6.07, 6.45) is 0.610. The molecule has 1 N–H and O–H groups in total. The number of carbonyl (C=O) groups is 2. The average Bonchev–Trinajstić information content (AvgIpc) is 2.53. The van der Waals surface area contributed by atoms with Crippen molar-refractivity contribution in [2.45, 2.75) is 58.1 Å². The molecule has 1 atom stereocenters. The Balaban J connectivity index is 2.16. The molecule has 9 heteroatoms. The molecular formula is C18H24BrF2N3O3. The number of aryl methyl sites for hydroxylation is 1. The van der Waals surface area contributed by atoms with Crippen molar-refractivity contribution < 1.29 is 23.1 Å². The number of ether oxygens (including phenoxy) is 1. The first-order chi connectivity index (χ1) is 12.4. The third-order valence-corrected chi connectivity index (χ3v) is 4.56. The highest BCUT2D eigenvalue weighted by Crippen LogP contribution is 2.31. The summed E-state index contributed by atoms with van der Waals surface area (Å²) in [5, 5.41) is 2.58. The van der Waals surface area contributed by atoms with Crippen LogP contribution < -0.4 is 5.32 Å². The van der Waals surface area contributed by atoms with E-state index in [1.165, 1.54) is 12.3 Å². The van der Waals surface area contributed by atoms with E-state index in [9.17, 15) is 18.4 Å². The van der Waals surface area contributed by atoms with E-state index in [4.69, 9.17) is 4.74 Å². The quantitative estimate of drug-likeness (QED) is 0.712. The normalized spacial score (nSPS) is 19.5. The van der Waals surface area contributed by atoms with Crippen molar-refractivity contribution in [1.29, 1.82) is 0 Å². The molecular weight excluding hydrogens is 424 g/mol. The Morgan fingerprint density at radius 3 is 2.74 bits per heavy atom. The molecule has 0 bridgehead atoms. The lowest BCUT2D eigenvalue weighted by Gasteiger charge is -2.39. The summed E-state index contributed by atoms with van der Waals surface area (Å²) in [5.41, 5.74) is 0.229. The van der Waals surface area contributed by atoms with Crippen molar-refractivity contribution in [3.63, 3.8) is 0 Å². The van der Waals surface area contributed by atoms with E-state index in [2.05, 4.69) is 26.2 Å². The lowest BCUT2D eigenvalue weighted by Crippen LogP contribution is -2.55. The maximum absolute atomic E-state index is 14.0. The predicted molar refractivity (Wildman–Crippen MR) is 99.9 cm³/mol. The molecule has 2 amide bonds. The third kappa shape index (κ3) is 6.12. The lowest BCUT2D eigenvalue weighted by molar-refractivity contribution is -0.0717. The number of alkyl halides is 2. The molecule has 1 unspecified atom stereocenters. The van der Waals surface area contributed by atoms with Crippen LogP contribution >= 0.6 is 15.9 Å². The third-order valence-electron chi connectivity index (χ3n) is 4.13. The smallest absolute Gasteiger partial charge is 0.407 e. The van der Waals surface area contributed by atoms with Crippen LogP contribution in [0.1, 0.15) is 49.5 Å². The van der Waals surface area contributed by atoms with Gasteiger partial charge in [-0.1, -0.05) is 0 Å². The number of carbonyl (C=O) groups excluding carboxylic acids is 2. The number of rotatable bonds is 3. The number of amides is 2. The standard InChI is InChI=1S/C18H24BrF2N3O3/c1-11-8-22-14(19)7-13(11)15(25)24-10-18(20,21)6-5-12(24)9-23-16(26)27-17(2,3)4/h7-8,12H,5-6,9-10H2,1-4H3,(H,23,26). The summed E-state index contributed by atoms with van der Waals surface area (Å²) in [5.74, 6) is -3.47. The molecule has 0 radical (unpaired) electrons. The minimum Gasteiger partial charge on any atom is -0.444 e. The van der Waals surface area contributed by atoms with Crippen molar-refractivity contribution in [2.75, 3.05) is 13.1 Å². The minimum atomic E-state index is -2.96. The van der Waals surface area contributed by atoms with Crippen LogP contribution in [0.3, 0.4) is 0 Å². The molecule has 2 heterocycles. The maximum atomic E-state index is 14.0. The zero-order valence-corrected chi connectivity index (χ0v) is 17.4. The van der Waals surface area contributed by atoms with Gasteiger partial charge in [0.05, 0.1) is 6.54 Å². The van der Waals surface area contributed by atoms with Crippen LogP contribution in [0.15, 0.2) is 16.9 Å². The second-order valence-electron chi connectivity index (χ2n) is 7.69. The second-order valence-corrected chi connectivity index (χ2v) is 8.50. The highest BCUT2D eigenvalue weighted by molar-refractivity contribution is 9.10. The van der Waals surface area contributed by atoms with E-state index in [1.54, 1.807) is 27.7 Å². The highest BCUT2D eigenvalue weighted by Gasteiger charge is 2.42. The van der Waals surface area contributed by atoms with Crippen LogP contribution in [0, 0.1) is 6.92 Å². The Morgan fingerprint density at radius 2 is 2.11 bits per heavy atom. The first-order valence-electron chi connectivity index (χ1n) is 8.66. The van der Waals surface area contributed by atoms with Gasteiger partial charge in [0.15, 0.2) is 0 Å². The molecule has 2 rings (SSSR count). The van der Waals surface area contributed by atoms with Gasteiger partial charge >= 0.3 is 6.09 Å². The number of hydrogen-bond acceptors (Lipinski definition) is 4. The number of nitrogens with one attached hydrogen (secondary N) is 1. The van der Waals surface area contributed by atoms with Crippen LogP contribution in [0.25, 0.3) is 0 Å². The Hall–Kier alpha value is -1.77. The van der Waals surface area contributed by atoms with Gasteiger partial charge in [-0.2, -0.15) is 0 Å². The van der Waals surface area contributed by atoms with Gasteiger partial charge in [-0.3, -0.25) is 4.79 Å². The fourth-order valence-corrected chi connectivity index (χ4v) is 3.17. The zero-order valence-electron chi connectivity index (χ0n) is 15.8. The van der Waals surface area contributed by atoms with Crippen LogP contribution in [0.4, 0.5) is 13.6 Å². The Kier molecular flexibility index (Phi) is 6.44. The number of halogens is 3. The van der Waals surface area contributed by atoms with Gasteiger partial charge < -0.3 is 15.0 Å². The predicted octanol–water partition coefficient (Wildman–Crippen LogP) is 3.92. The summed E-state index contributed by atoms with van der Waals surface area (Å²) in [7, 11) is 0. The van der Waals surface area contributed by atoms with Gasteiger partial charge in [0.1, 0.15) is 10.2 Å². The van der Waals surface area contributed by atoms with Crippen LogP contribution in [0.2, 0.25) is 0 Å². The Morgan fingerprint density at radius 1 is 1.44 bits per heavy atom. The molecule has 1 aromatic heterocycles. The number of nitrogens with zero attached hydrogens (tertiary/aromatic N) is 2. The SMILES string of the molecule is Cc1cnc(Br)cc1C(=O)N1CC(F)(F)CCC1CNC(=O)OC(C)(C)C. The monoisotopic (exact) mass is 447 g/mol. The van der Waals surface area contributed by atoms with E-state index >= 15 is 0 Å². The molecule has 150 valence electrons. The number of piperidine rings is 1. The number of likely N-dealkylation sites (tertiary alicyclic amines) is 1. The van der Waals surface area contributed by atoms with Gasteiger partial charge in [-0.25, -0.2) is 18.6 Å². The van der Waals surface area contributed by atoms with Gasteiger partial charge in [0, 0.05) is 30.8 Å².